The Morgan fingerprint density at radius 3 is 2.85 bits per heavy atom. The number of carbonyl (C=O) groups excluding carboxylic acids is 1. The third kappa shape index (κ3) is 3.21. The molecule has 8 nitrogen and oxygen atoms in total. The monoisotopic (exact) mass is 356 g/mol. The molecule has 0 bridgehead atoms. The van der Waals surface area contributed by atoms with Crippen molar-refractivity contribution in [2.75, 3.05) is 26.7 Å². The van der Waals surface area contributed by atoms with Gasteiger partial charge in [-0.15, -0.1) is 0 Å². The summed E-state index contributed by atoms with van der Waals surface area (Å²) in [5, 5.41) is 12.4. The fourth-order valence-electron chi connectivity index (χ4n) is 3.35. The van der Waals surface area contributed by atoms with Crippen LogP contribution in [0.3, 0.4) is 0 Å². The second-order valence-electron chi connectivity index (χ2n) is 7.21. The molecule has 1 saturated carbocycles. The maximum Gasteiger partial charge on any atom is 0.255 e. The number of nitrogens with zero attached hydrogens (tertiary/aromatic N) is 6. The summed E-state index contributed by atoms with van der Waals surface area (Å²) in [5.41, 5.74) is 2.14. The summed E-state index contributed by atoms with van der Waals surface area (Å²) in [6.45, 7) is 5.80. The number of piperazine rings is 1. The van der Waals surface area contributed by atoms with Crippen LogP contribution in [0.1, 0.15) is 65.2 Å². The molecule has 1 aliphatic heterocycles. The highest BCUT2D eigenvalue weighted by molar-refractivity contribution is 5.95. The van der Waals surface area contributed by atoms with Crippen LogP contribution in [-0.2, 0) is 6.42 Å². The average molecular weight is 356 g/mol. The maximum atomic E-state index is 13.1. The van der Waals surface area contributed by atoms with Gasteiger partial charge in [0.05, 0.1) is 17.0 Å². The summed E-state index contributed by atoms with van der Waals surface area (Å²) in [6, 6.07) is 1.76. The van der Waals surface area contributed by atoms with E-state index in [1.165, 1.54) is 0 Å². The smallest absolute Gasteiger partial charge is 0.255 e. The Hall–Kier alpha value is -2.35. The topological polar surface area (TPSA) is 88.3 Å². The van der Waals surface area contributed by atoms with Gasteiger partial charge in [-0.2, -0.15) is 15.2 Å². The van der Waals surface area contributed by atoms with Crippen molar-refractivity contribution in [3.05, 3.63) is 34.7 Å². The first-order chi connectivity index (χ1) is 12.6. The quantitative estimate of drug-likeness (QED) is 0.824. The van der Waals surface area contributed by atoms with Crippen molar-refractivity contribution < 1.29 is 9.32 Å². The lowest BCUT2D eigenvalue weighted by Crippen LogP contribution is -2.49. The van der Waals surface area contributed by atoms with E-state index in [9.17, 15) is 4.79 Å². The zero-order valence-electron chi connectivity index (χ0n) is 15.5. The average Bonchev–Trinajstić information content (AvgIpc) is 3.39. The zero-order chi connectivity index (χ0) is 18.3. The van der Waals surface area contributed by atoms with Crippen LogP contribution < -0.4 is 0 Å². The van der Waals surface area contributed by atoms with Crippen LogP contribution in [0.5, 0.6) is 0 Å². The van der Waals surface area contributed by atoms with Gasteiger partial charge in [-0.3, -0.25) is 9.69 Å². The first kappa shape index (κ1) is 17.1. The molecule has 0 unspecified atom stereocenters. The summed E-state index contributed by atoms with van der Waals surface area (Å²) in [7, 11) is 2.03. The molecule has 1 aliphatic carbocycles. The molecule has 8 heteroatoms. The van der Waals surface area contributed by atoms with Crippen LogP contribution in [0.25, 0.3) is 0 Å². The number of hydrogen-bond donors (Lipinski definition) is 0. The molecule has 0 aromatic carbocycles. The minimum Gasteiger partial charge on any atom is -0.338 e. The molecular weight excluding hydrogens is 332 g/mol. The van der Waals surface area contributed by atoms with Gasteiger partial charge in [0.25, 0.3) is 5.91 Å². The number of carbonyl (C=O) groups is 1. The number of aryl methyl sites for hydroxylation is 2. The molecule has 2 aliphatic rings. The Balaban J connectivity index is 1.55. The van der Waals surface area contributed by atoms with Crippen molar-refractivity contribution in [1.29, 1.82) is 0 Å². The predicted molar refractivity (Wildman–Crippen MR) is 93.7 cm³/mol. The van der Waals surface area contributed by atoms with Crippen molar-refractivity contribution in [3.8, 4) is 0 Å². The molecule has 2 aromatic rings. The van der Waals surface area contributed by atoms with E-state index < -0.39 is 0 Å². The van der Waals surface area contributed by atoms with Gasteiger partial charge in [-0.1, -0.05) is 12.1 Å². The van der Waals surface area contributed by atoms with Gasteiger partial charge in [-0.25, -0.2) is 0 Å². The standard InChI is InChI=1S/C18H24N6O2/c1-4-14-13(9-11(2)20-21-14)18(25)24-8-7-23(3)15(10-24)17-19-16(22-26-17)12-5-6-12/h9,12,15H,4-8,10H2,1-3H3/t15-/m1/s1. The molecular formula is C18H24N6O2. The van der Waals surface area contributed by atoms with Crippen LogP contribution >= 0.6 is 0 Å². The fraction of sp³-hybridized carbons (Fsp3) is 0.611. The molecule has 0 radical (unpaired) electrons. The largest absolute Gasteiger partial charge is 0.338 e. The molecule has 4 rings (SSSR count). The van der Waals surface area contributed by atoms with E-state index >= 15 is 0 Å². The van der Waals surface area contributed by atoms with E-state index in [0.717, 1.165) is 36.6 Å². The lowest BCUT2D eigenvalue weighted by Gasteiger charge is -2.37. The normalized spacial score (nSPS) is 21.2. The summed E-state index contributed by atoms with van der Waals surface area (Å²) in [6.07, 6.45) is 2.95. The van der Waals surface area contributed by atoms with Crippen LogP contribution in [0.15, 0.2) is 10.6 Å². The van der Waals surface area contributed by atoms with Crippen molar-refractivity contribution >= 4 is 5.91 Å². The second-order valence-corrected chi connectivity index (χ2v) is 7.21. The molecule has 2 fully saturated rings. The van der Waals surface area contributed by atoms with Gasteiger partial charge >= 0.3 is 0 Å². The van der Waals surface area contributed by atoms with Crippen molar-refractivity contribution in [3.63, 3.8) is 0 Å². The molecule has 138 valence electrons. The van der Waals surface area contributed by atoms with E-state index in [0.29, 0.717) is 36.9 Å². The highest BCUT2D eigenvalue weighted by atomic mass is 16.5. The summed E-state index contributed by atoms with van der Waals surface area (Å²) < 4.78 is 5.51. The van der Waals surface area contributed by atoms with E-state index in [4.69, 9.17) is 4.52 Å². The second kappa shape index (κ2) is 6.75. The number of hydrogen-bond acceptors (Lipinski definition) is 7. The third-order valence-corrected chi connectivity index (χ3v) is 5.18. The highest BCUT2D eigenvalue weighted by Gasteiger charge is 2.35. The molecule has 1 saturated heterocycles. The van der Waals surface area contributed by atoms with Gasteiger partial charge in [0.2, 0.25) is 5.89 Å². The number of rotatable bonds is 4. The maximum absolute atomic E-state index is 13.1. The molecule has 1 atom stereocenters. The van der Waals surface area contributed by atoms with E-state index in [-0.39, 0.29) is 11.9 Å². The van der Waals surface area contributed by atoms with Crippen LogP contribution in [-0.4, -0.2) is 62.7 Å². The SMILES string of the molecule is CCc1nnc(C)cc1C(=O)N1CCN(C)[C@@H](c2nc(C3CC3)no2)C1. The summed E-state index contributed by atoms with van der Waals surface area (Å²) in [5.74, 6) is 1.86. The third-order valence-electron chi connectivity index (χ3n) is 5.18. The van der Waals surface area contributed by atoms with Gasteiger partial charge in [0.15, 0.2) is 5.82 Å². The van der Waals surface area contributed by atoms with E-state index in [1.807, 2.05) is 31.9 Å². The Bertz CT molecular complexity index is 816. The van der Waals surface area contributed by atoms with Crippen LogP contribution in [0.2, 0.25) is 0 Å². The fourth-order valence-corrected chi connectivity index (χ4v) is 3.35. The van der Waals surface area contributed by atoms with Gasteiger partial charge in [0, 0.05) is 25.6 Å². The van der Waals surface area contributed by atoms with Gasteiger partial charge < -0.3 is 9.42 Å². The Morgan fingerprint density at radius 1 is 1.31 bits per heavy atom. The molecule has 1 amide bonds. The van der Waals surface area contributed by atoms with Crippen molar-refractivity contribution in [1.82, 2.24) is 30.1 Å². The summed E-state index contributed by atoms with van der Waals surface area (Å²) in [4.78, 5) is 21.7. The van der Waals surface area contributed by atoms with Crippen molar-refractivity contribution in [2.24, 2.45) is 0 Å². The highest BCUT2D eigenvalue weighted by Crippen LogP contribution is 2.38. The first-order valence-electron chi connectivity index (χ1n) is 9.23. The number of aromatic nitrogens is 4. The van der Waals surface area contributed by atoms with Gasteiger partial charge in [-0.05, 0) is 39.3 Å². The lowest BCUT2D eigenvalue weighted by atomic mass is 10.1. The Morgan fingerprint density at radius 2 is 2.12 bits per heavy atom. The lowest BCUT2D eigenvalue weighted by molar-refractivity contribution is 0.0487. The van der Waals surface area contributed by atoms with Crippen LogP contribution in [0, 0.1) is 6.92 Å². The zero-order valence-corrected chi connectivity index (χ0v) is 15.5. The Labute approximate surface area is 152 Å². The predicted octanol–water partition coefficient (Wildman–Crippen LogP) is 1.74. The number of amides is 1. The molecule has 0 N–H and O–H groups in total. The first-order valence-corrected chi connectivity index (χ1v) is 9.23. The molecule has 26 heavy (non-hydrogen) atoms. The molecule has 3 heterocycles. The Kier molecular flexibility index (Phi) is 4.44. The van der Waals surface area contributed by atoms with E-state index in [2.05, 4.69) is 25.2 Å². The molecule has 2 aromatic heterocycles. The van der Waals surface area contributed by atoms with Gasteiger partial charge in [0.1, 0.15) is 6.04 Å². The molecule has 0 spiro atoms. The number of likely N-dealkylation sites (N-methyl/N-ethyl adjacent to an activating group) is 1. The van der Waals surface area contributed by atoms with E-state index in [1.54, 1.807) is 0 Å². The van der Waals surface area contributed by atoms with Crippen molar-refractivity contribution in [2.45, 2.75) is 45.1 Å². The summed E-state index contributed by atoms with van der Waals surface area (Å²) >= 11 is 0. The van der Waals surface area contributed by atoms with Crippen LogP contribution in [0.4, 0.5) is 0 Å². The minimum absolute atomic E-state index is 0.000110. The minimum atomic E-state index is -0.0753.